The van der Waals surface area contributed by atoms with Crippen molar-refractivity contribution in [2.45, 2.75) is 4.90 Å². The predicted molar refractivity (Wildman–Crippen MR) is 96.3 cm³/mol. The molecule has 0 aliphatic heterocycles. The van der Waals surface area contributed by atoms with E-state index in [1.54, 1.807) is 0 Å². The van der Waals surface area contributed by atoms with Gasteiger partial charge in [0.25, 0.3) is 11.6 Å². The van der Waals surface area contributed by atoms with Crippen LogP contribution in [0.3, 0.4) is 0 Å². The number of sulfonamides is 1. The highest BCUT2D eigenvalue weighted by Gasteiger charge is 2.25. The minimum atomic E-state index is -3.95. The lowest BCUT2D eigenvalue weighted by Crippen LogP contribution is -2.40. The first-order valence-electron chi connectivity index (χ1n) is 7.54. The summed E-state index contributed by atoms with van der Waals surface area (Å²) in [5.41, 5.74) is -0.208. The molecular weight excluding hydrogens is 394 g/mol. The summed E-state index contributed by atoms with van der Waals surface area (Å²) in [4.78, 5) is 35.0. The van der Waals surface area contributed by atoms with Crippen molar-refractivity contribution in [2.24, 2.45) is 5.14 Å². The predicted octanol–water partition coefficient (Wildman–Crippen LogP) is 1.42. The number of nitro groups is 1. The van der Waals surface area contributed by atoms with Gasteiger partial charge in [-0.2, -0.15) is 0 Å². The van der Waals surface area contributed by atoms with Crippen LogP contribution in [0.2, 0.25) is 0 Å². The number of non-ortho nitro benzene ring substituents is 1. The van der Waals surface area contributed by atoms with E-state index in [4.69, 9.17) is 9.88 Å². The Morgan fingerprint density at radius 2 is 1.82 bits per heavy atom. The van der Waals surface area contributed by atoms with Crippen LogP contribution in [-0.4, -0.2) is 39.1 Å². The Kier molecular flexibility index (Phi) is 6.28. The van der Waals surface area contributed by atoms with Crippen molar-refractivity contribution in [3.8, 4) is 5.75 Å². The summed E-state index contributed by atoms with van der Waals surface area (Å²) in [5, 5.41) is 15.8. The van der Waals surface area contributed by atoms with Gasteiger partial charge in [-0.05, 0) is 30.3 Å². The van der Waals surface area contributed by atoms with Crippen molar-refractivity contribution < 1.29 is 32.4 Å². The van der Waals surface area contributed by atoms with Crippen molar-refractivity contribution in [3.63, 3.8) is 0 Å². The van der Waals surface area contributed by atoms with Gasteiger partial charge in [0.2, 0.25) is 10.0 Å². The molecule has 0 aliphatic carbocycles. The van der Waals surface area contributed by atoms with Gasteiger partial charge in [0.15, 0.2) is 6.61 Å². The van der Waals surface area contributed by atoms with Crippen LogP contribution in [0.25, 0.3) is 0 Å². The minimum Gasteiger partial charge on any atom is -0.483 e. The standard InChI is InChI=1S/C16H15N3O8S/c1-26-16(21)18(11-5-7-14(8-6-11)28(17,24)25)15(20)10-27-13-4-2-3-12(9-13)19(22)23/h2-9H,10H2,1H3,(H2,17,24,25). The molecule has 2 aromatic carbocycles. The Bertz CT molecular complexity index is 1000. The number of nitrogens with zero attached hydrogens (tertiary/aromatic N) is 2. The quantitative estimate of drug-likeness (QED) is 0.554. The second kappa shape index (κ2) is 8.45. The molecule has 2 N–H and O–H groups in total. The normalized spacial score (nSPS) is 10.8. The summed E-state index contributed by atoms with van der Waals surface area (Å²) in [6.07, 6.45) is -1.03. The molecule has 11 nitrogen and oxygen atoms in total. The highest BCUT2D eigenvalue weighted by molar-refractivity contribution is 7.89. The molecule has 28 heavy (non-hydrogen) atoms. The number of hydrogen-bond donors (Lipinski definition) is 1. The maximum absolute atomic E-state index is 12.4. The molecule has 0 saturated heterocycles. The van der Waals surface area contributed by atoms with Crippen molar-refractivity contribution in [1.29, 1.82) is 0 Å². The summed E-state index contributed by atoms with van der Waals surface area (Å²) in [5.74, 6) is -0.793. The first-order chi connectivity index (χ1) is 13.1. The highest BCUT2D eigenvalue weighted by atomic mass is 32.2. The van der Waals surface area contributed by atoms with Gasteiger partial charge < -0.3 is 9.47 Å². The number of nitro benzene ring substituents is 1. The number of nitrogens with two attached hydrogens (primary N) is 1. The fraction of sp³-hybridized carbons (Fsp3) is 0.125. The van der Waals surface area contributed by atoms with E-state index in [0.717, 1.165) is 25.3 Å². The van der Waals surface area contributed by atoms with E-state index in [0.29, 0.717) is 4.90 Å². The van der Waals surface area contributed by atoms with E-state index in [1.807, 2.05) is 0 Å². The second-order valence-corrected chi connectivity index (χ2v) is 6.84. The van der Waals surface area contributed by atoms with Gasteiger partial charge in [-0.15, -0.1) is 0 Å². The molecule has 2 rings (SSSR count). The zero-order valence-corrected chi connectivity index (χ0v) is 15.3. The second-order valence-electron chi connectivity index (χ2n) is 5.28. The highest BCUT2D eigenvalue weighted by Crippen LogP contribution is 2.21. The van der Waals surface area contributed by atoms with E-state index in [2.05, 4.69) is 4.74 Å². The maximum Gasteiger partial charge on any atom is 0.421 e. The number of carbonyl (C=O) groups is 2. The van der Waals surface area contributed by atoms with E-state index >= 15 is 0 Å². The van der Waals surface area contributed by atoms with Gasteiger partial charge in [-0.1, -0.05) is 6.07 Å². The van der Waals surface area contributed by atoms with Crippen LogP contribution in [0.4, 0.5) is 16.2 Å². The zero-order chi connectivity index (χ0) is 20.9. The van der Waals surface area contributed by atoms with E-state index in [9.17, 15) is 28.1 Å². The monoisotopic (exact) mass is 409 g/mol. The number of carbonyl (C=O) groups excluding carboxylic acids is 2. The Hall–Kier alpha value is -3.51. The summed E-state index contributed by atoms with van der Waals surface area (Å²) < 4.78 is 32.4. The van der Waals surface area contributed by atoms with Crippen LogP contribution in [-0.2, 0) is 19.6 Å². The van der Waals surface area contributed by atoms with Crippen LogP contribution < -0.4 is 14.8 Å². The average Bonchev–Trinajstić information content (AvgIpc) is 2.66. The third-order valence-electron chi connectivity index (χ3n) is 3.42. The Morgan fingerprint density at radius 1 is 1.18 bits per heavy atom. The van der Waals surface area contributed by atoms with Crippen LogP contribution in [0.1, 0.15) is 0 Å². The lowest BCUT2D eigenvalue weighted by atomic mass is 10.3. The molecule has 0 atom stereocenters. The number of anilines is 1. The van der Waals surface area contributed by atoms with Crippen molar-refractivity contribution in [2.75, 3.05) is 18.6 Å². The molecular formula is C16H15N3O8S. The molecule has 0 saturated carbocycles. The van der Waals surface area contributed by atoms with Gasteiger partial charge in [-0.3, -0.25) is 14.9 Å². The van der Waals surface area contributed by atoms with Gasteiger partial charge in [0.05, 0.1) is 28.7 Å². The molecule has 0 spiro atoms. The summed E-state index contributed by atoms with van der Waals surface area (Å²) in [6, 6.07) is 9.79. The van der Waals surface area contributed by atoms with Gasteiger partial charge in [0.1, 0.15) is 5.75 Å². The first-order valence-corrected chi connectivity index (χ1v) is 9.09. The Morgan fingerprint density at radius 3 is 2.36 bits per heavy atom. The van der Waals surface area contributed by atoms with Crippen molar-refractivity contribution in [1.82, 2.24) is 0 Å². The van der Waals surface area contributed by atoms with Gasteiger partial charge in [-0.25, -0.2) is 23.3 Å². The van der Waals surface area contributed by atoms with Crippen molar-refractivity contribution in [3.05, 3.63) is 58.6 Å². The molecule has 0 fully saturated rings. The smallest absolute Gasteiger partial charge is 0.421 e. The number of methoxy groups -OCH3 is 1. The third kappa shape index (κ3) is 5.02. The molecule has 2 aromatic rings. The molecule has 0 heterocycles. The zero-order valence-electron chi connectivity index (χ0n) is 14.5. The molecule has 0 unspecified atom stereocenters. The number of ether oxygens (including phenoxy) is 2. The molecule has 148 valence electrons. The van der Waals surface area contributed by atoms with E-state index in [1.165, 1.54) is 30.3 Å². The molecule has 12 heteroatoms. The molecule has 0 aromatic heterocycles. The Labute approximate surface area is 159 Å². The third-order valence-corrected chi connectivity index (χ3v) is 4.35. The SMILES string of the molecule is COC(=O)N(C(=O)COc1cccc([N+](=O)[O-])c1)c1ccc(S(N)(=O)=O)cc1. The number of amides is 2. The van der Waals surface area contributed by atoms with Crippen LogP contribution >= 0.6 is 0 Å². The number of primary sulfonamides is 1. The van der Waals surface area contributed by atoms with Gasteiger partial charge in [0, 0.05) is 6.07 Å². The fourth-order valence-electron chi connectivity index (χ4n) is 2.12. The van der Waals surface area contributed by atoms with Crippen LogP contribution in [0, 0.1) is 10.1 Å². The summed E-state index contributed by atoms with van der Waals surface area (Å²) >= 11 is 0. The molecule has 0 radical (unpaired) electrons. The Balaban J connectivity index is 2.21. The summed E-state index contributed by atoms with van der Waals surface area (Å²) in [7, 11) is -2.89. The molecule has 2 amide bonds. The summed E-state index contributed by atoms with van der Waals surface area (Å²) in [6.45, 7) is -0.632. The lowest BCUT2D eigenvalue weighted by Gasteiger charge is -2.19. The number of rotatable bonds is 6. The van der Waals surface area contributed by atoms with Crippen LogP contribution in [0.5, 0.6) is 5.75 Å². The topological polar surface area (TPSA) is 159 Å². The lowest BCUT2D eigenvalue weighted by molar-refractivity contribution is -0.384. The molecule has 0 bridgehead atoms. The number of imide groups is 1. The van der Waals surface area contributed by atoms with E-state index < -0.39 is 33.6 Å². The largest absolute Gasteiger partial charge is 0.483 e. The first kappa shape index (κ1) is 20.8. The van der Waals surface area contributed by atoms with Crippen LogP contribution in [0.15, 0.2) is 53.4 Å². The molecule has 0 aliphatic rings. The number of benzene rings is 2. The van der Waals surface area contributed by atoms with Gasteiger partial charge >= 0.3 is 6.09 Å². The van der Waals surface area contributed by atoms with Crippen molar-refractivity contribution >= 4 is 33.4 Å². The maximum atomic E-state index is 12.4. The average molecular weight is 409 g/mol. The number of hydrogen-bond acceptors (Lipinski definition) is 8. The fourth-order valence-corrected chi connectivity index (χ4v) is 2.64. The minimum absolute atomic E-state index is 0.0203. The van der Waals surface area contributed by atoms with E-state index in [-0.39, 0.29) is 22.0 Å².